The van der Waals surface area contributed by atoms with Gasteiger partial charge in [-0.15, -0.1) is 11.3 Å². The summed E-state index contributed by atoms with van der Waals surface area (Å²) in [6, 6.07) is 7.61. The van der Waals surface area contributed by atoms with Crippen LogP contribution in [0.3, 0.4) is 0 Å². The fourth-order valence-corrected chi connectivity index (χ4v) is 2.87. The number of thiophene rings is 1. The lowest BCUT2D eigenvalue weighted by atomic mass is 10.1. The molecule has 2 aromatic rings. The highest BCUT2D eigenvalue weighted by Gasteiger charge is 2.16. The van der Waals surface area contributed by atoms with Gasteiger partial charge in [-0.3, -0.25) is 4.79 Å². The highest BCUT2D eigenvalue weighted by atomic mass is 32.1. The Morgan fingerprint density at radius 1 is 1.32 bits per heavy atom. The summed E-state index contributed by atoms with van der Waals surface area (Å²) in [6.45, 7) is 4.64. The van der Waals surface area contributed by atoms with Gasteiger partial charge in [0.2, 0.25) is 0 Å². The molecular weight excluding hydrogens is 256 g/mol. The predicted octanol–water partition coefficient (Wildman–Crippen LogP) is 3.22. The second kappa shape index (κ2) is 5.45. The van der Waals surface area contributed by atoms with Crippen molar-refractivity contribution in [2.45, 2.75) is 20.4 Å². The van der Waals surface area contributed by atoms with E-state index in [9.17, 15) is 4.79 Å². The van der Waals surface area contributed by atoms with E-state index in [1.807, 2.05) is 31.5 Å². The first-order valence-electron chi connectivity index (χ1n) is 6.13. The van der Waals surface area contributed by atoms with E-state index in [0.29, 0.717) is 17.8 Å². The topological polar surface area (TPSA) is 46.3 Å². The molecule has 0 spiro atoms. The number of nitrogens with two attached hydrogens (primary N) is 1. The van der Waals surface area contributed by atoms with Crippen LogP contribution in [0.2, 0.25) is 0 Å². The van der Waals surface area contributed by atoms with Crippen LogP contribution in [0.1, 0.15) is 26.4 Å². The van der Waals surface area contributed by atoms with Crippen LogP contribution in [0, 0.1) is 13.8 Å². The molecule has 100 valence electrons. The first-order valence-corrected chi connectivity index (χ1v) is 7.01. The van der Waals surface area contributed by atoms with Crippen LogP contribution in [0.15, 0.2) is 29.6 Å². The normalized spacial score (nSPS) is 10.5. The lowest BCUT2D eigenvalue weighted by molar-refractivity contribution is 0.0787. The Morgan fingerprint density at radius 3 is 2.68 bits per heavy atom. The first-order chi connectivity index (χ1) is 8.99. The minimum absolute atomic E-state index is 0.0333. The van der Waals surface area contributed by atoms with Crippen molar-refractivity contribution in [2.75, 3.05) is 12.8 Å². The smallest absolute Gasteiger partial charge is 0.256 e. The highest BCUT2D eigenvalue weighted by Crippen LogP contribution is 2.20. The van der Waals surface area contributed by atoms with Gasteiger partial charge in [0.25, 0.3) is 5.91 Å². The summed E-state index contributed by atoms with van der Waals surface area (Å²) in [6.07, 6.45) is 0. The van der Waals surface area contributed by atoms with Crippen molar-refractivity contribution in [3.8, 4) is 0 Å². The second-order valence-electron chi connectivity index (χ2n) is 4.78. The van der Waals surface area contributed by atoms with Crippen LogP contribution < -0.4 is 5.73 Å². The Balaban J connectivity index is 2.19. The van der Waals surface area contributed by atoms with Crippen molar-refractivity contribution >= 4 is 22.9 Å². The van der Waals surface area contributed by atoms with Crippen LogP contribution in [0.5, 0.6) is 0 Å². The Morgan fingerprint density at radius 2 is 2.05 bits per heavy atom. The van der Waals surface area contributed by atoms with Gasteiger partial charge in [-0.1, -0.05) is 11.6 Å². The number of rotatable bonds is 3. The summed E-state index contributed by atoms with van der Waals surface area (Å²) in [5.74, 6) is -0.0333. The van der Waals surface area contributed by atoms with Crippen LogP contribution >= 0.6 is 11.3 Å². The zero-order valence-electron chi connectivity index (χ0n) is 11.4. The number of benzene rings is 1. The number of nitrogens with zero attached hydrogens (tertiary/aromatic N) is 1. The molecule has 1 aromatic heterocycles. The molecule has 0 saturated carbocycles. The Hall–Kier alpha value is -1.81. The van der Waals surface area contributed by atoms with Gasteiger partial charge in [-0.05, 0) is 43.0 Å². The van der Waals surface area contributed by atoms with Gasteiger partial charge in [0.15, 0.2) is 0 Å². The van der Waals surface area contributed by atoms with Gasteiger partial charge < -0.3 is 10.6 Å². The molecule has 0 unspecified atom stereocenters. The van der Waals surface area contributed by atoms with Crippen LogP contribution in [0.4, 0.5) is 5.69 Å². The summed E-state index contributed by atoms with van der Waals surface area (Å²) < 4.78 is 0. The molecular formula is C15H18N2OS. The van der Waals surface area contributed by atoms with Crippen LogP contribution in [-0.4, -0.2) is 17.9 Å². The lowest BCUT2D eigenvalue weighted by Gasteiger charge is -2.18. The third kappa shape index (κ3) is 2.96. The van der Waals surface area contributed by atoms with Crippen LogP contribution in [0.25, 0.3) is 0 Å². The number of aryl methyl sites for hydroxylation is 2. The molecule has 0 aliphatic carbocycles. The van der Waals surface area contributed by atoms with Gasteiger partial charge >= 0.3 is 0 Å². The molecule has 3 nitrogen and oxygen atoms in total. The van der Waals surface area contributed by atoms with Gasteiger partial charge in [0.05, 0.1) is 12.1 Å². The molecule has 1 aromatic carbocycles. The van der Waals surface area contributed by atoms with Crippen LogP contribution in [-0.2, 0) is 6.54 Å². The molecule has 0 fully saturated rings. The van der Waals surface area contributed by atoms with Gasteiger partial charge in [-0.25, -0.2) is 0 Å². The molecule has 4 heteroatoms. The molecule has 0 radical (unpaired) electrons. The SMILES string of the molecule is Cc1ccc(N)c(C(=O)N(C)Cc2sccc2C)c1. The van der Waals surface area contributed by atoms with E-state index >= 15 is 0 Å². The number of amides is 1. The molecule has 19 heavy (non-hydrogen) atoms. The largest absolute Gasteiger partial charge is 0.398 e. The van der Waals surface area contributed by atoms with E-state index in [2.05, 4.69) is 13.0 Å². The number of nitrogen functional groups attached to an aromatic ring is 1. The quantitative estimate of drug-likeness (QED) is 0.874. The lowest BCUT2D eigenvalue weighted by Crippen LogP contribution is -2.27. The van der Waals surface area contributed by atoms with Crippen molar-refractivity contribution < 1.29 is 4.79 Å². The maximum absolute atomic E-state index is 12.4. The average Bonchev–Trinajstić information content (AvgIpc) is 2.77. The van der Waals surface area contributed by atoms with E-state index < -0.39 is 0 Å². The first kappa shape index (κ1) is 13.6. The molecule has 1 amide bonds. The average molecular weight is 274 g/mol. The third-order valence-electron chi connectivity index (χ3n) is 3.13. The number of hydrogen-bond acceptors (Lipinski definition) is 3. The predicted molar refractivity (Wildman–Crippen MR) is 80.4 cm³/mol. The fourth-order valence-electron chi connectivity index (χ4n) is 1.91. The van der Waals surface area contributed by atoms with Gasteiger partial charge in [0.1, 0.15) is 0 Å². The number of carbonyl (C=O) groups is 1. The van der Waals surface area contributed by atoms with Crippen molar-refractivity contribution in [1.29, 1.82) is 0 Å². The van der Waals surface area contributed by atoms with E-state index in [4.69, 9.17) is 5.73 Å². The minimum Gasteiger partial charge on any atom is -0.398 e. The van der Waals surface area contributed by atoms with Gasteiger partial charge in [0, 0.05) is 17.6 Å². The monoisotopic (exact) mass is 274 g/mol. The Labute approximate surface area is 117 Å². The highest BCUT2D eigenvalue weighted by molar-refractivity contribution is 7.10. The summed E-state index contributed by atoms with van der Waals surface area (Å²) in [5.41, 5.74) is 9.26. The number of carbonyl (C=O) groups excluding carboxylic acids is 1. The minimum atomic E-state index is -0.0333. The molecule has 2 rings (SSSR count). The Bertz CT molecular complexity index is 604. The number of hydrogen-bond donors (Lipinski definition) is 1. The Kier molecular flexibility index (Phi) is 3.90. The maximum atomic E-state index is 12.4. The molecule has 1 heterocycles. The van der Waals surface area contributed by atoms with Crippen molar-refractivity contribution in [2.24, 2.45) is 0 Å². The molecule has 0 atom stereocenters. The number of anilines is 1. The summed E-state index contributed by atoms with van der Waals surface area (Å²) >= 11 is 1.67. The van der Waals surface area contributed by atoms with E-state index in [-0.39, 0.29) is 5.91 Å². The summed E-state index contributed by atoms with van der Waals surface area (Å²) in [7, 11) is 1.81. The molecule has 2 N–H and O–H groups in total. The maximum Gasteiger partial charge on any atom is 0.256 e. The van der Waals surface area contributed by atoms with Crippen molar-refractivity contribution in [1.82, 2.24) is 4.90 Å². The standard InChI is InChI=1S/C15H18N2OS/c1-10-4-5-13(16)12(8-10)15(18)17(3)9-14-11(2)6-7-19-14/h4-8H,9,16H2,1-3H3. The zero-order valence-corrected chi connectivity index (χ0v) is 12.3. The van der Waals surface area contributed by atoms with Gasteiger partial charge in [-0.2, -0.15) is 0 Å². The molecule has 0 aliphatic heterocycles. The second-order valence-corrected chi connectivity index (χ2v) is 5.78. The van der Waals surface area contributed by atoms with Crippen molar-refractivity contribution in [3.05, 3.63) is 51.2 Å². The molecule has 0 saturated heterocycles. The van der Waals surface area contributed by atoms with Crippen molar-refractivity contribution in [3.63, 3.8) is 0 Å². The third-order valence-corrected chi connectivity index (χ3v) is 4.14. The van der Waals surface area contributed by atoms with E-state index in [0.717, 1.165) is 5.56 Å². The zero-order chi connectivity index (χ0) is 14.0. The molecule has 0 bridgehead atoms. The molecule has 0 aliphatic rings. The van der Waals surface area contributed by atoms with E-state index in [1.165, 1.54) is 10.4 Å². The summed E-state index contributed by atoms with van der Waals surface area (Å²) in [5, 5.41) is 2.05. The fraction of sp³-hybridized carbons (Fsp3) is 0.267. The summed E-state index contributed by atoms with van der Waals surface area (Å²) in [4.78, 5) is 15.3. The van der Waals surface area contributed by atoms with E-state index in [1.54, 1.807) is 22.3 Å².